The third-order valence-corrected chi connectivity index (χ3v) is 0.142. The molecule has 2 amide bonds. The zero-order chi connectivity index (χ0) is 4.28. The average molecular weight is 130 g/mol. The summed E-state index contributed by atoms with van der Waals surface area (Å²) in [6.07, 6.45) is 0. The Kier molecular flexibility index (Phi) is 7.30. The number of urea groups is 1. The van der Waals surface area contributed by atoms with Gasteiger partial charge in [-0.2, -0.15) is 0 Å². The molecule has 0 fully saturated rings. The van der Waals surface area contributed by atoms with Crippen LogP contribution in [0.5, 0.6) is 0 Å². The average Bonchev–Trinajstić information content (AvgIpc) is 1.38. The number of nitrogens with two attached hydrogens (primary N) is 2. The van der Waals surface area contributed by atoms with Crippen LogP contribution in [0.2, 0.25) is 0 Å². The molecule has 0 rings (SSSR count). The number of carbonyl (C=O) groups is 1. The number of carbonyl (C=O) groups excluding carboxylic acids is 1. The van der Waals surface area contributed by atoms with E-state index in [1.54, 1.807) is 5.43 Å². The Bertz CT molecular complexity index is 46.1. The Morgan fingerprint density at radius 3 is 1.83 bits per heavy atom. The molecule has 5 heteroatoms. The summed E-state index contributed by atoms with van der Waals surface area (Å²) in [5, 5.41) is 0. The summed E-state index contributed by atoms with van der Waals surface area (Å²) in [6.45, 7) is 0. The first-order valence-corrected chi connectivity index (χ1v) is 1.03. The van der Waals surface area contributed by atoms with Crippen LogP contribution < -0.4 is 17.0 Å². The van der Waals surface area contributed by atoms with Gasteiger partial charge in [0.1, 0.15) is 0 Å². The van der Waals surface area contributed by atoms with E-state index in [2.05, 4.69) is 11.6 Å². The van der Waals surface area contributed by atoms with Crippen LogP contribution in [0, 0.1) is 0 Å². The molecule has 0 aliphatic carbocycles. The first-order valence-electron chi connectivity index (χ1n) is 1.03. The first kappa shape index (κ1) is 9.23. The minimum atomic E-state index is -0.718. The van der Waals surface area contributed by atoms with Gasteiger partial charge < -0.3 is 5.73 Å². The molecule has 0 atom stereocenters. The van der Waals surface area contributed by atoms with E-state index in [1.807, 2.05) is 0 Å². The number of hydrazine groups is 1. The fraction of sp³-hybridized carbons (Fsp3) is 0. The second-order valence-corrected chi connectivity index (χ2v) is 0.509. The van der Waals surface area contributed by atoms with Crippen LogP contribution in [0.3, 0.4) is 0 Å². The maximum atomic E-state index is 9.35. The summed E-state index contributed by atoms with van der Waals surface area (Å²) in [4.78, 5) is 9.35. The fourth-order valence-corrected chi connectivity index (χ4v) is 0. The molecule has 0 aromatic rings. The summed E-state index contributed by atoms with van der Waals surface area (Å²) >= 11 is 0. The molecule has 0 saturated carbocycles. The third-order valence-electron chi connectivity index (χ3n) is 0.142. The monoisotopic (exact) mass is 130 g/mol. The number of hydrogen-bond donors (Lipinski definition) is 3. The van der Waals surface area contributed by atoms with Crippen molar-refractivity contribution >= 4 is 6.03 Å². The van der Waals surface area contributed by atoms with Crippen LogP contribution in [0.4, 0.5) is 4.79 Å². The zero-order valence-corrected chi connectivity index (χ0v) is 4.12. The van der Waals surface area contributed by atoms with Crippen molar-refractivity contribution in [2.75, 3.05) is 0 Å². The van der Waals surface area contributed by atoms with E-state index in [0.717, 1.165) is 0 Å². The number of primary amides is 1. The molecule has 1 radical (unpaired) electrons. The van der Waals surface area contributed by atoms with E-state index in [1.165, 1.54) is 0 Å². The standard InChI is InChI=1S/CH5N3O.Mn/c2-1(5)4-3;/h3H2,(H3,2,4,5);. The van der Waals surface area contributed by atoms with Crippen molar-refractivity contribution in [3.8, 4) is 0 Å². The summed E-state index contributed by atoms with van der Waals surface area (Å²) in [5.41, 5.74) is 6.08. The second kappa shape index (κ2) is 4.75. The molecule has 0 unspecified atom stereocenters. The maximum Gasteiger partial charge on any atom is 0.326 e. The van der Waals surface area contributed by atoms with E-state index < -0.39 is 6.03 Å². The molecule has 0 aromatic heterocycles. The molecular weight excluding hydrogens is 125 g/mol. The molecule has 4 nitrogen and oxygen atoms in total. The van der Waals surface area contributed by atoms with E-state index in [9.17, 15) is 4.79 Å². The van der Waals surface area contributed by atoms with Crippen molar-refractivity contribution < 1.29 is 21.9 Å². The van der Waals surface area contributed by atoms with Crippen molar-refractivity contribution in [2.45, 2.75) is 0 Å². The van der Waals surface area contributed by atoms with Gasteiger partial charge in [-0.15, -0.1) is 0 Å². The second-order valence-electron chi connectivity index (χ2n) is 0.509. The molecule has 5 N–H and O–H groups in total. The topological polar surface area (TPSA) is 81.1 Å². The van der Waals surface area contributed by atoms with Gasteiger partial charge in [-0.1, -0.05) is 0 Å². The van der Waals surface area contributed by atoms with Gasteiger partial charge in [-0.05, 0) is 0 Å². The van der Waals surface area contributed by atoms with Crippen LogP contribution in [0.15, 0.2) is 0 Å². The van der Waals surface area contributed by atoms with Crippen molar-refractivity contribution in [1.82, 2.24) is 5.43 Å². The van der Waals surface area contributed by atoms with Gasteiger partial charge in [0.25, 0.3) is 0 Å². The molecule has 0 bridgehead atoms. The van der Waals surface area contributed by atoms with Crippen molar-refractivity contribution in [3.05, 3.63) is 0 Å². The number of amides is 2. The Morgan fingerprint density at radius 2 is 1.83 bits per heavy atom. The minimum Gasteiger partial charge on any atom is -0.351 e. The van der Waals surface area contributed by atoms with Crippen LogP contribution in [0.1, 0.15) is 0 Å². The summed E-state index contributed by atoms with van der Waals surface area (Å²) in [7, 11) is 0. The summed E-state index contributed by atoms with van der Waals surface area (Å²) in [5.74, 6) is 4.45. The quantitative estimate of drug-likeness (QED) is 0.162. The molecule has 0 aromatic carbocycles. The van der Waals surface area contributed by atoms with Gasteiger partial charge in [0.15, 0.2) is 0 Å². The SMILES string of the molecule is NNC(N)=O.[Mn]. The van der Waals surface area contributed by atoms with Crippen LogP contribution in [-0.4, -0.2) is 6.03 Å². The Morgan fingerprint density at radius 1 is 1.67 bits per heavy atom. The molecule has 0 heterocycles. The van der Waals surface area contributed by atoms with Gasteiger partial charge in [0.2, 0.25) is 0 Å². The number of hydrogen-bond acceptors (Lipinski definition) is 2. The molecular formula is CH5MnN3O. The predicted octanol–water partition coefficient (Wildman–Crippen LogP) is -1.47. The van der Waals surface area contributed by atoms with Crippen LogP contribution >= 0.6 is 0 Å². The molecule has 0 aliphatic heterocycles. The predicted molar refractivity (Wildman–Crippen MR) is 16.9 cm³/mol. The van der Waals surface area contributed by atoms with Gasteiger partial charge in [-0.3, -0.25) is 5.43 Å². The minimum absolute atomic E-state index is 0. The van der Waals surface area contributed by atoms with Crippen molar-refractivity contribution in [3.63, 3.8) is 0 Å². The summed E-state index contributed by atoms with van der Waals surface area (Å²) in [6, 6.07) is -0.718. The van der Waals surface area contributed by atoms with Crippen LogP contribution in [-0.2, 0) is 17.1 Å². The van der Waals surface area contributed by atoms with Crippen LogP contribution in [0.25, 0.3) is 0 Å². The Hall–Kier alpha value is -0.251. The van der Waals surface area contributed by atoms with E-state index in [4.69, 9.17) is 0 Å². The smallest absolute Gasteiger partial charge is 0.326 e. The van der Waals surface area contributed by atoms with Gasteiger partial charge in [0.05, 0.1) is 0 Å². The molecule has 37 valence electrons. The van der Waals surface area contributed by atoms with Gasteiger partial charge in [-0.25, -0.2) is 10.6 Å². The van der Waals surface area contributed by atoms with Gasteiger partial charge in [0, 0.05) is 17.1 Å². The van der Waals surface area contributed by atoms with E-state index in [0.29, 0.717) is 0 Å². The molecule has 0 saturated heterocycles. The number of nitrogens with one attached hydrogen (secondary N) is 1. The molecule has 0 spiro atoms. The zero-order valence-electron chi connectivity index (χ0n) is 2.94. The summed E-state index contributed by atoms with van der Waals surface area (Å²) < 4.78 is 0. The normalized spacial score (nSPS) is 5.50. The Balaban J connectivity index is 0. The first-order chi connectivity index (χ1) is 2.27. The maximum absolute atomic E-state index is 9.35. The number of rotatable bonds is 0. The van der Waals surface area contributed by atoms with Crippen molar-refractivity contribution in [2.24, 2.45) is 11.6 Å². The van der Waals surface area contributed by atoms with E-state index >= 15 is 0 Å². The third kappa shape index (κ3) is 9.26. The van der Waals surface area contributed by atoms with Gasteiger partial charge >= 0.3 is 6.03 Å². The fourth-order valence-electron chi connectivity index (χ4n) is 0. The van der Waals surface area contributed by atoms with Crippen molar-refractivity contribution in [1.29, 1.82) is 0 Å². The molecule has 6 heavy (non-hydrogen) atoms. The Labute approximate surface area is 45.7 Å². The molecule has 0 aliphatic rings. The van der Waals surface area contributed by atoms with E-state index in [-0.39, 0.29) is 17.1 Å². The largest absolute Gasteiger partial charge is 0.351 e.